The molecule has 2 nitrogen and oxygen atoms in total. The monoisotopic (exact) mass is 202 g/mol. The van der Waals surface area contributed by atoms with Crippen molar-refractivity contribution in [2.24, 2.45) is 3.95 Å². The van der Waals surface area contributed by atoms with Crippen LogP contribution in [0.25, 0.3) is 0 Å². The Kier molecular flexibility index (Phi) is 6.26. The molecule has 2 N–H and O–H groups in total. The Morgan fingerprint density at radius 1 is 1.83 bits per heavy atom. The van der Waals surface area contributed by atoms with Crippen molar-refractivity contribution in [2.45, 2.75) is 6.92 Å². The molecule has 6 heavy (non-hydrogen) atoms. The van der Waals surface area contributed by atoms with Crippen LogP contribution in [-0.4, -0.2) is 11.2 Å². The van der Waals surface area contributed by atoms with Crippen LogP contribution in [0.3, 0.4) is 0 Å². The van der Waals surface area contributed by atoms with Crippen LogP contribution in [0, 0.1) is 0 Å². The van der Waals surface area contributed by atoms with Crippen LogP contribution in [0.2, 0.25) is 0 Å². The van der Waals surface area contributed by atoms with Gasteiger partial charge in [0.25, 0.3) is 0 Å². The van der Waals surface area contributed by atoms with Gasteiger partial charge in [-0.2, -0.15) is 0 Å². The molecule has 0 radical (unpaired) electrons. The summed E-state index contributed by atoms with van der Waals surface area (Å²) in [6.45, 7) is 2.77. The summed E-state index contributed by atoms with van der Waals surface area (Å²) in [6, 6.07) is 0. The van der Waals surface area contributed by atoms with E-state index in [-0.39, 0.29) is 21.5 Å². The van der Waals surface area contributed by atoms with E-state index in [9.17, 15) is 0 Å². The number of alkyl halides is 1. The number of hydrogen-bond acceptors (Lipinski definition) is 2. The van der Waals surface area contributed by atoms with E-state index in [1.165, 1.54) is 0 Å². The van der Waals surface area contributed by atoms with Crippen molar-refractivity contribution in [3.8, 4) is 0 Å². The van der Waals surface area contributed by atoms with E-state index in [1.807, 2.05) is 6.92 Å². The molecule has 0 spiro atoms. The summed E-state index contributed by atoms with van der Waals surface area (Å²) in [6.07, 6.45) is 0. The minimum atomic E-state index is -0.121. The molecule has 0 heterocycles. The first-order valence-electron chi connectivity index (χ1n) is 1.77. The third-order valence-electron chi connectivity index (χ3n) is 0.344. The Morgan fingerprint density at radius 3 is 2.67 bits per heavy atom. The van der Waals surface area contributed by atoms with Gasteiger partial charge >= 0.3 is 48.3 Å². The van der Waals surface area contributed by atoms with Crippen molar-refractivity contribution in [3.63, 3.8) is 0 Å². The summed E-state index contributed by atoms with van der Waals surface area (Å²) in [5, 5.41) is 0. The number of hydrogen-bond donors (Lipinski definition) is 1. The Bertz CT molecular complexity index is 22.8. The fourth-order valence-corrected chi connectivity index (χ4v) is 0.816. The van der Waals surface area contributed by atoms with Crippen LogP contribution >= 0.6 is 0 Å². The molecule has 0 aliphatic rings. The van der Waals surface area contributed by atoms with E-state index in [4.69, 9.17) is 8.68 Å². The van der Waals surface area contributed by atoms with Crippen LogP contribution in [0.4, 0.5) is 0 Å². The second kappa shape index (κ2) is 5.65. The van der Waals surface area contributed by atoms with Crippen molar-refractivity contribution >= 4 is 0 Å². The summed E-state index contributed by atoms with van der Waals surface area (Å²) in [5.74, 6) is 0. The molecular weight excluding hydrogens is 193 g/mol. The van der Waals surface area contributed by atoms with Gasteiger partial charge in [-0.05, 0) is 0 Å². The molecule has 3 heteroatoms. The van der Waals surface area contributed by atoms with E-state index in [1.54, 1.807) is 0 Å². The van der Waals surface area contributed by atoms with Crippen LogP contribution in [-0.2, 0) is 4.74 Å². The number of rotatable bonds is 3. The maximum atomic E-state index is 5.20. The van der Waals surface area contributed by atoms with Crippen LogP contribution < -0.4 is 25.4 Å². The zero-order valence-electron chi connectivity index (χ0n) is 3.78. The van der Waals surface area contributed by atoms with Gasteiger partial charge in [-0.25, -0.2) is 0 Å². The number of nitrogens with two attached hydrogens (primary N) is 1. The Balaban J connectivity index is 2.34. The van der Waals surface area contributed by atoms with Crippen molar-refractivity contribution in [3.05, 3.63) is 0 Å². The molecule has 0 unspecified atom stereocenters. The quantitative estimate of drug-likeness (QED) is 0.228. The molecule has 0 atom stereocenters. The average molecular weight is 202 g/mol. The van der Waals surface area contributed by atoms with Crippen LogP contribution in [0.1, 0.15) is 6.92 Å². The van der Waals surface area contributed by atoms with E-state index in [2.05, 4.69) is 0 Å². The zero-order chi connectivity index (χ0) is 4.83. The first-order chi connectivity index (χ1) is 2.91. The van der Waals surface area contributed by atoms with Gasteiger partial charge in [0.2, 0.25) is 0 Å². The molecule has 0 saturated heterocycles. The van der Waals surface area contributed by atoms with E-state index in [0.29, 0.717) is 0 Å². The standard InChI is InChI=1S/C3H9INO/c1-2-6-3-4-5/h2-3,5H2,1H3/q-1. The fourth-order valence-electron chi connectivity index (χ4n) is 0.122. The molecular formula is C3H9INO-. The summed E-state index contributed by atoms with van der Waals surface area (Å²) in [5.41, 5.74) is 0. The van der Waals surface area contributed by atoms with Gasteiger partial charge in [-0.1, -0.05) is 0 Å². The van der Waals surface area contributed by atoms with Crippen LogP contribution in [0.5, 0.6) is 0 Å². The van der Waals surface area contributed by atoms with E-state index < -0.39 is 0 Å². The van der Waals surface area contributed by atoms with Gasteiger partial charge in [-0.3, -0.25) is 0 Å². The topological polar surface area (TPSA) is 35.2 Å². The third-order valence-corrected chi connectivity index (χ3v) is 1.14. The van der Waals surface area contributed by atoms with Crippen molar-refractivity contribution < 1.29 is 26.2 Å². The third kappa shape index (κ3) is 4.65. The van der Waals surface area contributed by atoms with Crippen molar-refractivity contribution in [1.82, 2.24) is 0 Å². The molecule has 0 saturated carbocycles. The van der Waals surface area contributed by atoms with Gasteiger partial charge in [0.05, 0.1) is 0 Å². The maximum absolute atomic E-state index is 5.20. The van der Waals surface area contributed by atoms with Gasteiger partial charge in [0, 0.05) is 0 Å². The molecule has 0 aromatic carbocycles. The predicted octanol–water partition coefficient (Wildman–Crippen LogP) is -3.06. The summed E-state index contributed by atoms with van der Waals surface area (Å²) >= 11 is -0.121. The van der Waals surface area contributed by atoms with Gasteiger partial charge in [0.15, 0.2) is 0 Å². The predicted molar refractivity (Wildman–Crippen MR) is 20.7 cm³/mol. The average Bonchev–Trinajstić information content (AvgIpc) is 1.61. The first-order valence-corrected chi connectivity index (χ1v) is 4.54. The molecule has 0 bridgehead atoms. The molecule has 0 aliphatic heterocycles. The Hall–Kier alpha value is 0.650. The summed E-state index contributed by atoms with van der Waals surface area (Å²) in [7, 11) is 0. The van der Waals surface area contributed by atoms with Gasteiger partial charge in [0.1, 0.15) is 0 Å². The molecule has 0 fully saturated rings. The fraction of sp³-hybridized carbons (Fsp3) is 1.00. The molecule has 0 rings (SSSR count). The summed E-state index contributed by atoms with van der Waals surface area (Å²) < 4.78 is 10.9. The van der Waals surface area contributed by atoms with Crippen LogP contribution in [0.15, 0.2) is 0 Å². The second-order valence-electron chi connectivity index (χ2n) is 0.756. The number of ether oxygens (including phenoxy) is 1. The number of halogens is 1. The van der Waals surface area contributed by atoms with E-state index in [0.717, 1.165) is 11.2 Å². The second-order valence-corrected chi connectivity index (χ2v) is 2.26. The Labute approximate surface area is 48.7 Å². The molecule has 0 amide bonds. The molecule has 0 aromatic rings. The molecule has 0 aromatic heterocycles. The first kappa shape index (κ1) is 6.65. The van der Waals surface area contributed by atoms with Crippen molar-refractivity contribution in [2.75, 3.05) is 11.2 Å². The normalized spacial score (nSPS) is 9.67. The minimum absolute atomic E-state index is 0.121. The zero-order valence-corrected chi connectivity index (χ0v) is 5.94. The summed E-state index contributed by atoms with van der Waals surface area (Å²) in [4.78, 5) is 0. The SMILES string of the molecule is CCOC[I-]N. The molecule has 0 aliphatic carbocycles. The van der Waals surface area contributed by atoms with Crippen molar-refractivity contribution in [1.29, 1.82) is 0 Å². The Morgan fingerprint density at radius 2 is 2.50 bits per heavy atom. The van der Waals surface area contributed by atoms with E-state index >= 15 is 0 Å². The van der Waals surface area contributed by atoms with Gasteiger partial charge in [-0.15, -0.1) is 0 Å². The van der Waals surface area contributed by atoms with Gasteiger partial charge < -0.3 is 0 Å². The molecule has 40 valence electrons.